The van der Waals surface area contributed by atoms with Crippen LogP contribution in [0.5, 0.6) is 5.75 Å². The van der Waals surface area contributed by atoms with Crippen LogP contribution in [0.25, 0.3) is 0 Å². The molecule has 3 aliphatic rings. The van der Waals surface area contributed by atoms with E-state index in [9.17, 15) is 19.2 Å². The minimum Gasteiger partial charge on any atom is -0.497 e. The minimum atomic E-state index is -2.12. The van der Waals surface area contributed by atoms with E-state index in [1.165, 1.54) is 19.2 Å². The van der Waals surface area contributed by atoms with Crippen LogP contribution in [0, 0.1) is 11.8 Å². The maximum absolute atomic E-state index is 13.9. The van der Waals surface area contributed by atoms with Gasteiger partial charge in [0.1, 0.15) is 5.75 Å². The molecule has 2 heterocycles. The largest absolute Gasteiger partial charge is 0.497 e. The molecule has 6 rings (SSSR count). The molecule has 35 heavy (non-hydrogen) atoms. The summed E-state index contributed by atoms with van der Waals surface area (Å²) in [7, 11) is 1.51. The zero-order valence-corrected chi connectivity index (χ0v) is 19.2. The van der Waals surface area contributed by atoms with E-state index in [1.54, 1.807) is 60.7 Å². The third-order valence-electron chi connectivity index (χ3n) is 7.03. The zero-order chi connectivity index (χ0) is 24.5. The van der Waals surface area contributed by atoms with Gasteiger partial charge in [-0.2, -0.15) is 0 Å². The summed E-state index contributed by atoms with van der Waals surface area (Å²) in [6, 6.07) is 19.5. The predicted octanol–water partition coefficient (Wildman–Crippen LogP) is 4.04. The number of fused-ring (bicyclic) bond motifs is 3. The number of hydrogen-bond donors (Lipinski definition) is 0. The Hall–Kier alpha value is -3.81. The highest BCUT2D eigenvalue weighted by Crippen LogP contribution is 2.57. The van der Waals surface area contributed by atoms with Crippen LogP contribution in [0.15, 0.2) is 72.8 Å². The fourth-order valence-electron chi connectivity index (χ4n) is 5.49. The molecule has 7 nitrogen and oxygen atoms in total. The van der Waals surface area contributed by atoms with E-state index in [2.05, 4.69) is 0 Å². The molecule has 1 aliphatic carbocycles. The van der Waals surface area contributed by atoms with Gasteiger partial charge < -0.3 is 9.47 Å². The summed E-state index contributed by atoms with van der Waals surface area (Å²) in [5, 5.41) is 0.403. The first-order chi connectivity index (χ1) is 16.9. The molecule has 174 valence electrons. The lowest BCUT2D eigenvalue weighted by atomic mass is 9.77. The van der Waals surface area contributed by atoms with Gasteiger partial charge in [0.2, 0.25) is 29.0 Å². The summed E-state index contributed by atoms with van der Waals surface area (Å²) >= 11 is 6.20. The lowest BCUT2D eigenvalue weighted by Crippen LogP contribution is -2.51. The van der Waals surface area contributed by atoms with E-state index in [1.807, 2.05) is 0 Å². The summed E-state index contributed by atoms with van der Waals surface area (Å²) in [5.74, 6) is -4.22. The number of ether oxygens (including phenoxy) is 2. The molecule has 3 aromatic rings. The van der Waals surface area contributed by atoms with Gasteiger partial charge in [-0.05, 0) is 42.0 Å². The zero-order valence-electron chi connectivity index (χ0n) is 18.4. The smallest absolute Gasteiger partial charge is 0.241 e. The standard InChI is InChI=1S/C27H18ClNO6/c1-34-17-11-9-16(10-12-17)29-25(32)20-21(26(29)33)27(35-22(20)14-5-4-6-15(28)13-14)23(30)18-7-2-3-8-19(18)24(27)31/h2-13,20-22H,1H3. The Morgan fingerprint density at radius 1 is 0.857 bits per heavy atom. The maximum Gasteiger partial charge on any atom is 0.241 e. The molecule has 3 aromatic carbocycles. The van der Waals surface area contributed by atoms with E-state index in [4.69, 9.17) is 21.1 Å². The Balaban J connectivity index is 1.53. The van der Waals surface area contributed by atoms with Gasteiger partial charge in [0.25, 0.3) is 0 Å². The maximum atomic E-state index is 13.9. The summed E-state index contributed by atoms with van der Waals surface area (Å²) < 4.78 is 11.4. The fourth-order valence-corrected chi connectivity index (χ4v) is 5.69. The molecule has 2 saturated heterocycles. The molecule has 0 N–H and O–H groups in total. The number of halogens is 1. The van der Waals surface area contributed by atoms with Crippen LogP contribution in [0.4, 0.5) is 5.69 Å². The lowest BCUT2D eigenvalue weighted by Gasteiger charge is -2.27. The highest BCUT2D eigenvalue weighted by Gasteiger charge is 2.74. The van der Waals surface area contributed by atoms with Crippen molar-refractivity contribution in [2.24, 2.45) is 11.8 Å². The average Bonchev–Trinajstić information content (AvgIpc) is 3.44. The Labute approximate surface area is 205 Å². The minimum absolute atomic E-state index is 0.186. The molecule has 8 heteroatoms. The third-order valence-corrected chi connectivity index (χ3v) is 7.26. The van der Waals surface area contributed by atoms with Crippen LogP contribution in [-0.2, 0) is 14.3 Å². The Morgan fingerprint density at radius 2 is 1.51 bits per heavy atom. The third kappa shape index (κ3) is 2.82. The number of carbonyl (C=O) groups excluding carboxylic acids is 4. The number of imide groups is 1. The first kappa shape index (κ1) is 21.7. The quantitative estimate of drug-likeness (QED) is 0.409. The van der Waals surface area contributed by atoms with Crippen LogP contribution in [0.1, 0.15) is 32.4 Å². The molecule has 1 spiro atoms. The summed E-state index contributed by atoms with van der Waals surface area (Å²) in [6.07, 6.45) is -1.01. The van der Waals surface area contributed by atoms with Gasteiger partial charge in [-0.15, -0.1) is 0 Å². The van der Waals surface area contributed by atoms with Gasteiger partial charge in [-0.1, -0.05) is 48.0 Å². The normalized spacial score (nSPS) is 24.3. The second-order valence-corrected chi connectivity index (χ2v) is 9.18. The predicted molar refractivity (Wildman–Crippen MR) is 126 cm³/mol. The molecule has 2 fully saturated rings. The van der Waals surface area contributed by atoms with Gasteiger partial charge in [-0.25, -0.2) is 4.90 Å². The first-order valence-electron chi connectivity index (χ1n) is 11.0. The van der Waals surface area contributed by atoms with E-state index < -0.39 is 46.9 Å². The van der Waals surface area contributed by atoms with E-state index >= 15 is 0 Å². The van der Waals surface area contributed by atoms with Crippen LogP contribution in [-0.4, -0.2) is 36.1 Å². The van der Waals surface area contributed by atoms with Gasteiger partial charge in [0, 0.05) is 16.1 Å². The molecule has 3 atom stereocenters. The number of nitrogens with zero attached hydrogens (tertiary/aromatic N) is 1. The molecular formula is C27H18ClNO6. The number of benzene rings is 3. The summed E-state index contributed by atoms with van der Waals surface area (Å²) in [4.78, 5) is 56.1. The lowest BCUT2D eigenvalue weighted by molar-refractivity contribution is -0.127. The van der Waals surface area contributed by atoms with Gasteiger partial charge in [0.05, 0.1) is 30.7 Å². The highest BCUT2D eigenvalue weighted by molar-refractivity contribution is 6.37. The Morgan fingerprint density at radius 3 is 2.11 bits per heavy atom. The van der Waals surface area contributed by atoms with Crippen LogP contribution in [0.3, 0.4) is 0 Å². The van der Waals surface area contributed by atoms with E-state index in [-0.39, 0.29) is 11.1 Å². The highest BCUT2D eigenvalue weighted by atomic mass is 35.5. The van der Waals surface area contributed by atoms with Crippen molar-refractivity contribution in [2.45, 2.75) is 11.7 Å². The van der Waals surface area contributed by atoms with Crippen LogP contribution >= 0.6 is 11.6 Å². The molecular weight excluding hydrogens is 470 g/mol. The molecule has 0 radical (unpaired) electrons. The number of anilines is 1. The SMILES string of the molecule is COc1ccc(N2C(=O)C3C(c4cccc(Cl)c4)OC4(C(=O)c5ccccc5C4=O)C3C2=O)cc1. The molecule has 0 saturated carbocycles. The number of methoxy groups -OCH3 is 1. The van der Waals surface area contributed by atoms with Crippen molar-refractivity contribution in [3.8, 4) is 5.75 Å². The number of rotatable bonds is 3. The fraction of sp³-hybridized carbons (Fsp3) is 0.185. The summed E-state index contributed by atoms with van der Waals surface area (Å²) in [6.45, 7) is 0. The van der Waals surface area contributed by atoms with Crippen molar-refractivity contribution in [2.75, 3.05) is 12.0 Å². The number of Topliss-reactive ketones (excluding diaryl/α,β-unsaturated/α-hetero) is 2. The van der Waals surface area contributed by atoms with Crippen molar-refractivity contribution in [3.05, 3.63) is 94.5 Å². The number of hydrogen-bond acceptors (Lipinski definition) is 6. The second-order valence-electron chi connectivity index (χ2n) is 8.75. The molecule has 2 aliphatic heterocycles. The Bertz CT molecular complexity index is 1400. The van der Waals surface area contributed by atoms with Crippen molar-refractivity contribution < 1.29 is 28.7 Å². The van der Waals surface area contributed by atoms with Gasteiger partial charge >= 0.3 is 0 Å². The number of amides is 2. The monoisotopic (exact) mass is 487 g/mol. The number of ketones is 2. The van der Waals surface area contributed by atoms with Crippen molar-refractivity contribution in [3.63, 3.8) is 0 Å². The number of carbonyl (C=O) groups is 4. The topological polar surface area (TPSA) is 90.0 Å². The molecule has 0 bridgehead atoms. The van der Waals surface area contributed by atoms with Crippen molar-refractivity contribution in [1.82, 2.24) is 0 Å². The Kier molecular flexibility index (Phi) is 4.71. The van der Waals surface area contributed by atoms with Crippen LogP contribution < -0.4 is 9.64 Å². The van der Waals surface area contributed by atoms with Gasteiger partial charge in [-0.3, -0.25) is 19.2 Å². The molecule has 0 aromatic heterocycles. The molecule has 2 amide bonds. The van der Waals surface area contributed by atoms with Crippen LogP contribution in [0.2, 0.25) is 5.02 Å². The summed E-state index contributed by atoms with van der Waals surface area (Å²) in [5.41, 5.74) is -0.906. The van der Waals surface area contributed by atoms with Crippen molar-refractivity contribution >= 4 is 40.7 Å². The first-order valence-corrected chi connectivity index (χ1v) is 11.4. The van der Waals surface area contributed by atoms with E-state index in [0.717, 1.165) is 4.90 Å². The molecule has 3 unspecified atom stereocenters. The average molecular weight is 488 g/mol. The second kappa shape index (κ2) is 7.60. The van der Waals surface area contributed by atoms with E-state index in [0.29, 0.717) is 22.0 Å². The van der Waals surface area contributed by atoms with Gasteiger partial charge in [0.15, 0.2) is 0 Å². The van der Waals surface area contributed by atoms with Crippen molar-refractivity contribution in [1.29, 1.82) is 0 Å².